The number of methoxy groups -OCH3 is 2. The number of nitrogens with zero attached hydrogens (tertiary/aromatic N) is 1. The van der Waals surface area contributed by atoms with Crippen molar-refractivity contribution >= 4 is 17.4 Å². The van der Waals surface area contributed by atoms with E-state index in [2.05, 4.69) is 15.5 Å². The summed E-state index contributed by atoms with van der Waals surface area (Å²) in [6.45, 7) is 0. The summed E-state index contributed by atoms with van der Waals surface area (Å²) in [4.78, 5) is 12.1. The number of hydrogen-bond acceptors (Lipinski definition) is 5. The van der Waals surface area contributed by atoms with E-state index in [1.807, 2.05) is 0 Å². The molecule has 0 aliphatic carbocycles. The summed E-state index contributed by atoms with van der Waals surface area (Å²) in [6, 6.07) is 4.79. The molecule has 2 aromatic rings. The Kier molecular flexibility index (Phi) is 3.56. The Balaban J connectivity index is 2.35. The molecule has 0 aliphatic heterocycles. The van der Waals surface area contributed by atoms with Crippen molar-refractivity contribution in [1.29, 1.82) is 0 Å². The highest BCUT2D eigenvalue weighted by Gasteiger charge is 2.16. The number of carbonyl (C=O) groups excluding carboxylic acids is 1. The molecule has 1 aromatic carbocycles. The molecule has 0 radical (unpaired) electrons. The van der Waals surface area contributed by atoms with Crippen molar-refractivity contribution in [3.05, 3.63) is 30.0 Å². The summed E-state index contributed by atoms with van der Waals surface area (Å²) in [5, 5.41) is 9.00. The molecule has 0 fully saturated rings. The second kappa shape index (κ2) is 5.30. The lowest BCUT2D eigenvalue weighted by Crippen LogP contribution is -2.15. The predicted octanol–water partition coefficient (Wildman–Crippen LogP) is 1.26. The summed E-state index contributed by atoms with van der Waals surface area (Å²) >= 11 is 0. The maximum Gasteiger partial charge on any atom is 0.259 e. The monoisotopic (exact) mass is 262 g/mol. The van der Waals surface area contributed by atoms with Crippen LogP contribution in [0, 0.1) is 0 Å². The first kappa shape index (κ1) is 12.7. The average molecular weight is 262 g/mol. The van der Waals surface area contributed by atoms with E-state index in [0.29, 0.717) is 17.3 Å². The van der Waals surface area contributed by atoms with Crippen molar-refractivity contribution in [2.24, 2.45) is 0 Å². The van der Waals surface area contributed by atoms with Crippen LogP contribution in [0.4, 0.5) is 11.5 Å². The normalized spacial score (nSPS) is 10.0. The topological polar surface area (TPSA) is 102 Å². The fraction of sp³-hybridized carbons (Fsp3) is 0.167. The Labute approximate surface area is 109 Å². The molecule has 0 saturated heterocycles. The minimum atomic E-state index is -0.376. The first-order valence-electron chi connectivity index (χ1n) is 5.48. The van der Waals surface area contributed by atoms with Crippen LogP contribution in [-0.4, -0.2) is 30.3 Å². The van der Waals surface area contributed by atoms with Crippen molar-refractivity contribution in [3.8, 4) is 11.5 Å². The van der Waals surface area contributed by atoms with Crippen molar-refractivity contribution < 1.29 is 14.3 Å². The van der Waals surface area contributed by atoms with Gasteiger partial charge in [0.25, 0.3) is 5.91 Å². The number of benzene rings is 1. The van der Waals surface area contributed by atoms with Crippen LogP contribution in [0.25, 0.3) is 0 Å². The smallest absolute Gasteiger partial charge is 0.259 e. The van der Waals surface area contributed by atoms with Crippen LogP contribution in [0.5, 0.6) is 11.5 Å². The number of ether oxygens (including phenoxy) is 2. The maximum atomic E-state index is 12.1. The highest BCUT2D eigenvalue weighted by Crippen LogP contribution is 2.31. The van der Waals surface area contributed by atoms with E-state index in [4.69, 9.17) is 15.2 Å². The summed E-state index contributed by atoms with van der Waals surface area (Å²) in [7, 11) is 2.98. The number of amides is 1. The molecule has 4 N–H and O–H groups in total. The third-order valence-electron chi connectivity index (χ3n) is 2.56. The van der Waals surface area contributed by atoms with Gasteiger partial charge in [-0.05, 0) is 6.07 Å². The number of nitrogens with two attached hydrogens (primary N) is 1. The van der Waals surface area contributed by atoms with Crippen LogP contribution in [0.15, 0.2) is 24.4 Å². The third-order valence-corrected chi connectivity index (χ3v) is 2.56. The van der Waals surface area contributed by atoms with E-state index in [0.717, 1.165) is 0 Å². The van der Waals surface area contributed by atoms with Crippen molar-refractivity contribution in [1.82, 2.24) is 10.2 Å². The third kappa shape index (κ3) is 2.59. The number of nitrogen functional groups attached to an aromatic ring is 1. The van der Waals surface area contributed by atoms with E-state index >= 15 is 0 Å². The van der Waals surface area contributed by atoms with Gasteiger partial charge < -0.3 is 20.5 Å². The van der Waals surface area contributed by atoms with E-state index < -0.39 is 0 Å². The van der Waals surface area contributed by atoms with Gasteiger partial charge in [0.15, 0.2) is 0 Å². The second-order valence-corrected chi connectivity index (χ2v) is 3.72. The van der Waals surface area contributed by atoms with Crippen molar-refractivity contribution in [3.63, 3.8) is 0 Å². The van der Waals surface area contributed by atoms with Crippen molar-refractivity contribution in [2.75, 3.05) is 25.3 Å². The van der Waals surface area contributed by atoms with E-state index in [1.54, 1.807) is 18.2 Å². The van der Waals surface area contributed by atoms with Gasteiger partial charge in [-0.25, -0.2) is 0 Å². The number of aromatic amines is 1. The molecule has 7 nitrogen and oxygen atoms in total. The lowest BCUT2D eigenvalue weighted by atomic mass is 10.1. The molecule has 1 heterocycles. The molecule has 100 valence electrons. The van der Waals surface area contributed by atoms with Gasteiger partial charge in [-0.3, -0.25) is 9.89 Å². The number of nitrogens with one attached hydrogen (secondary N) is 2. The second-order valence-electron chi connectivity index (χ2n) is 3.72. The van der Waals surface area contributed by atoms with Crippen LogP contribution in [0.3, 0.4) is 0 Å². The zero-order valence-electron chi connectivity index (χ0n) is 10.6. The minimum Gasteiger partial charge on any atom is -0.497 e. The summed E-state index contributed by atoms with van der Waals surface area (Å²) in [6.07, 6.45) is 1.53. The summed E-state index contributed by atoms with van der Waals surface area (Å²) in [5.41, 5.74) is 6.40. The van der Waals surface area contributed by atoms with Gasteiger partial charge >= 0.3 is 0 Å². The Bertz CT molecular complexity index is 581. The molecule has 19 heavy (non-hydrogen) atoms. The van der Waals surface area contributed by atoms with Crippen LogP contribution < -0.4 is 20.5 Å². The van der Waals surface area contributed by atoms with Gasteiger partial charge in [0, 0.05) is 12.1 Å². The fourth-order valence-electron chi connectivity index (χ4n) is 1.59. The maximum absolute atomic E-state index is 12.1. The Morgan fingerprint density at radius 1 is 1.37 bits per heavy atom. The highest BCUT2D eigenvalue weighted by molar-refractivity contribution is 6.08. The Morgan fingerprint density at radius 3 is 2.74 bits per heavy atom. The number of rotatable bonds is 4. The number of carbonyl (C=O) groups is 1. The first-order valence-corrected chi connectivity index (χ1v) is 5.48. The molecule has 7 heteroatoms. The van der Waals surface area contributed by atoms with Gasteiger partial charge in [0.2, 0.25) is 0 Å². The molecule has 0 aliphatic rings. The molecule has 1 aromatic heterocycles. The van der Waals surface area contributed by atoms with E-state index in [-0.39, 0.29) is 17.2 Å². The van der Waals surface area contributed by atoms with Gasteiger partial charge in [-0.2, -0.15) is 5.10 Å². The molecule has 0 spiro atoms. The Morgan fingerprint density at radius 2 is 2.16 bits per heavy atom. The molecule has 2 rings (SSSR count). The number of anilines is 2. The fourth-order valence-corrected chi connectivity index (χ4v) is 1.59. The highest BCUT2D eigenvalue weighted by atomic mass is 16.5. The van der Waals surface area contributed by atoms with E-state index in [1.165, 1.54) is 20.4 Å². The number of aromatic nitrogens is 2. The molecular formula is C12H14N4O3. The lowest BCUT2D eigenvalue weighted by molar-refractivity contribution is 0.102. The lowest BCUT2D eigenvalue weighted by Gasteiger charge is -2.12. The zero-order chi connectivity index (χ0) is 13.8. The zero-order valence-corrected chi connectivity index (χ0v) is 10.6. The predicted molar refractivity (Wildman–Crippen MR) is 70.5 cm³/mol. The van der Waals surface area contributed by atoms with Gasteiger partial charge in [0.1, 0.15) is 17.3 Å². The molecule has 0 atom stereocenters. The Hall–Kier alpha value is -2.70. The van der Waals surface area contributed by atoms with Crippen LogP contribution in [0.1, 0.15) is 10.4 Å². The number of hydrogen-bond donors (Lipinski definition) is 3. The largest absolute Gasteiger partial charge is 0.497 e. The molecular weight excluding hydrogens is 248 g/mol. The van der Waals surface area contributed by atoms with E-state index in [9.17, 15) is 4.79 Å². The average Bonchev–Trinajstić information content (AvgIpc) is 2.91. The van der Waals surface area contributed by atoms with Gasteiger partial charge in [0.05, 0.1) is 31.7 Å². The quantitative estimate of drug-likeness (QED) is 0.720. The van der Waals surface area contributed by atoms with Gasteiger partial charge in [-0.1, -0.05) is 0 Å². The first-order chi connectivity index (χ1) is 9.15. The number of H-pyrrole nitrogens is 1. The molecule has 1 amide bonds. The standard InChI is InChI=1S/C12H14N4O3/c1-18-7-5-8(11(13)9(6-7)19-2)12(17)15-10-3-4-14-16-10/h3-6H,13H2,1-2H3,(H2,14,15,16,17). The summed E-state index contributed by atoms with van der Waals surface area (Å²) in [5.74, 6) is 0.972. The SMILES string of the molecule is COc1cc(OC)c(N)c(C(=O)Nc2ccn[nH]2)c1. The summed E-state index contributed by atoms with van der Waals surface area (Å²) < 4.78 is 10.2. The minimum absolute atomic E-state index is 0.250. The van der Waals surface area contributed by atoms with Crippen LogP contribution in [-0.2, 0) is 0 Å². The van der Waals surface area contributed by atoms with Gasteiger partial charge in [-0.15, -0.1) is 0 Å². The molecule has 0 bridgehead atoms. The molecule has 0 saturated carbocycles. The molecule has 0 unspecified atom stereocenters. The van der Waals surface area contributed by atoms with Crippen LogP contribution in [0.2, 0.25) is 0 Å². The van der Waals surface area contributed by atoms with Crippen molar-refractivity contribution in [2.45, 2.75) is 0 Å². The van der Waals surface area contributed by atoms with Crippen LogP contribution >= 0.6 is 0 Å².